The highest BCUT2D eigenvalue weighted by atomic mass is 19.1. The summed E-state index contributed by atoms with van der Waals surface area (Å²) in [5.74, 6) is -0.220. The molecule has 2 aromatic carbocycles. The predicted octanol–water partition coefficient (Wildman–Crippen LogP) is 3.41. The number of nitrogens with one attached hydrogen (secondary N) is 1. The minimum absolute atomic E-state index is 0.0506. The molecule has 4 nitrogen and oxygen atoms in total. The summed E-state index contributed by atoms with van der Waals surface area (Å²) >= 11 is 0. The Bertz CT molecular complexity index is 897. The first kappa shape index (κ1) is 15.8. The van der Waals surface area contributed by atoms with Crippen molar-refractivity contribution in [2.75, 3.05) is 6.54 Å². The van der Waals surface area contributed by atoms with Crippen LogP contribution in [0.3, 0.4) is 0 Å². The lowest BCUT2D eigenvalue weighted by Crippen LogP contribution is -2.35. The average Bonchev–Trinajstić information content (AvgIpc) is 3.35. The van der Waals surface area contributed by atoms with E-state index in [0.29, 0.717) is 6.54 Å². The van der Waals surface area contributed by atoms with Crippen molar-refractivity contribution in [2.24, 2.45) is 0 Å². The monoisotopic (exact) mass is 337 g/mol. The minimum atomic E-state index is -0.449. The lowest BCUT2D eigenvalue weighted by Gasteiger charge is -2.16. The van der Waals surface area contributed by atoms with Crippen molar-refractivity contribution in [1.82, 2.24) is 14.9 Å². The molecule has 1 aromatic heterocycles. The van der Waals surface area contributed by atoms with E-state index in [1.165, 1.54) is 12.1 Å². The molecule has 0 bridgehead atoms. The highest BCUT2D eigenvalue weighted by molar-refractivity contribution is 5.91. The standard InChI is InChI=1S/C20H20FN3O/c21-16-8-6-15(7-9-16)20(10-11-20)19(25)22-12-3-13-24-14-23-17-4-1-2-5-18(17)24/h1-2,4-9,14H,3,10-13H2,(H,22,25). The minimum Gasteiger partial charge on any atom is -0.355 e. The second kappa shape index (κ2) is 6.31. The SMILES string of the molecule is O=C(NCCCn1cnc2ccccc21)C1(c2ccc(F)cc2)CC1. The predicted molar refractivity (Wildman–Crippen MR) is 94.7 cm³/mol. The zero-order chi connectivity index (χ0) is 17.3. The Hall–Kier alpha value is -2.69. The Morgan fingerprint density at radius 2 is 1.92 bits per heavy atom. The fraction of sp³-hybridized carbons (Fsp3) is 0.300. The summed E-state index contributed by atoms with van der Waals surface area (Å²) in [6, 6.07) is 14.3. The number of fused-ring (bicyclic) bond motifs is 1. The Morgan fingerprint density at radius 3 is 2.68 bits per heavy atom. The van der Waals surface area contributed by atoms with Gasteiger partial charge in [-0.2, -0.15) is 0 Å². The van der Waals surface area contributed by atoms with Crippen LogP contribution < -0.4 is 5.32 Å². The molecule has 128 valence electrons. The number of benzene rings is 2. The molecule has 1 aliphatic carbocycles. The molecule has 1 saturated carbocycles. The molecular formula is C20H20FN3O. The third kappa shape index (κ3) is 3.02. The Balaban J connectivity index is 1.33. The number of carbonyl (C=O) groups excluding carboxylic acids is 1. The van der Waals surface area contributed by atoms with E-state index in [4.69, 9.17) is 0 Å². The van der Waals surface area contributed by atoms with Crippen LogP contribution in [0, 0.1) is 5.82 Å². The van der Waals surface area contributed by atoms with E-state index >= 15 is 0 Å². The van der Waals surface area contributed by atoms with E-state index in [2.05, 4.69) is 20.9 Å². The third-order valence-electron chi connectivity index (χ3n) is 4.97. The van der Waals surface area contributed by atoms with E-state index in [1.807, 2.05) is 24.5 Å². The number of imidazole rings is 1. The van der Waals surface area contributed by atoms with Gasteiger partial charge in [-0.15, -0.1) is 0 Å². The van der Waals surface area contributed by atoms with E-state index < -0.39 is 5.41 Å². The van der Waals surface area contributed by atoms with Crippen LogP contribution in [0.2, 0.25) is 0 Å². The quantitative estimate of drug-likeness (QED) is 0.701. The van der Waals surface area contributed by atoms with Crippen molar-refractivity contribution in [1.29, 1.82) is 0 Å². The number of carbonyl (C=O) groups is 1. The molecule has 1 aliphatic rings. The largest absolute Gasteiger partial charge is 0.355 e. The number of halogens is 1. The Labute approximate surface area is 145 Å². The summed E-state index contributed by atoms with van der Waals surface area (Å²) < 4.78 is 15.2. The fourth-order valence-corrected chi connectivity index (χ4v) is 3.35. The molecule has 1 fully saturated rings. The van der Waals surface area contributed by atoms with E-state index in [0.717, 1.165) is 42.4 Å². The van der Waals surface area contributed by atoms with Crippen molar-refractivity contribution >= 4 is 16.9 Å². The van der Waals surface area contributed by atoms with Crippen LogP contribution in [-0.4, -0.2) is 22.0 Å². The number of hydrogen-bond donors (Lipinski definition) is 1. The highest BCUT2D eigenvalue weighted by Gasteiger charge is 2.50. The summed E-state index contributed by atoms with van der Waals surface area (Å²) in [6.07, 6.45) is 4.34. The van der Waals surface area contributed by atoms with Crippen molar-refractivity contribution in [3.63, 3.8) is 0 Å². The fourth-order valence-electron chi connectivity index (χ4n) is 3.35. The molecule has 0 aliphatic heterocycles. The van der Waals surface area contributed by atoms with Crippen LogP contribution in [0.25, 0.3) is 11.0 Å². The molecule has 3 aromatic rings. The maximum absolute atomic E-state index is 13.1. The summed E-state index contributed by atoms with van der Waals surface area (Å²) in [5.41, 5.74) is 2.56. The van der Waals surface area contributed by atoms with Crippen LogP contribution in [0.15, 0.2) is 54.9 Å². The lowest BCUT2D eigenvalue weighted by atomic mass is 9.95. The molecule has 25 heavy (non-hydrogen) atoms. The molecule has 0 saturated heterocycles. The van der Waals surface area contributed by atoms with Gasteiger partial charge in [0, 0.05) is 13.1 Å². The van der Waals surface area contributed by atoms with E-state index in [1.54, 1.807) is 12.1 Å². The number of aromatic nitrogens is 2. The molecule has 0 unspecified atom stereocenters. The number of amides is 1. The molecule has 0 radical (unpaired) electrons. The van der Waals surface area contributed by atoms with Gasteiger partial charge in [-0.1, -0.05) is 24.3 Å². The van der Waals surface area contributed by atoms with Gasteiger partial charge >= 0.3 is 0 Å². The topological polar surface area (TPSA) is 46.9 Å². The lowest BCUT2D eigenvalue weighted by molar-refractivity contribution is -0.123. The van der Waals surface area contributed by atoms with Gasteiger partial charge in [0.2, 0.25) is 5.91 Å². The normalized spacial score (nSPS) is 15.2. The number of hydrogen-bond acceptors (Lipinski definition) is 2. The van der Waals surface area contributed by atoms with Gasteiger partial charge in [0.15, 0.2) is 0 Å². The van der Waals surface area contributed by atoms with Crippen LogP contribution in [0.5, 0.6) is 0 Å². The molecule has 4 rings (SSSR count). The molecule has 1 N–H and O–H groups in total. The summed E-state index contributed by atoms with van der Waals surface area (Å²) in [6.45, 7) is 1.43. The van der Waals surface area contributed by atoms with Gasteiger partial charge in [-0.3, -0.25) is 4.79 Å². The van der Waals surface area contributed by atoms with Gasteiger partial charge in [0.1, 0.15) is 5.82 Å². The number of rotatable bonds is 6. The molecule has 5 heteroatoms. The maximum Gasteiger partial charge on any atom is 0.230 e. The summed E-state index contributed by atoms with van der Waals surface area (Å²) in [7, 11) is 0. The van der Waals surface area contributed by atoms with Crippen molar-refractivity contribution < 1.29 is 9.18 Å². The molecular weight excluding hydrogens is 317 g/mol. The summed E-state index contributed by atoms with van der Waals surface area (Å²) in [4.78, 5) is 16.9. The molecule has 0 spiro atoms. The highest BCUT2D eigenvalue weighted by Crippen LogP contribution is 2.48. The van der Waals surface area contributed by atoms with Gasteiger partial charge < -0.3 is 9.88 Å². The van der Waals surface area contributed by atoms with Crippen LogP contribution >= 0.6 is 0 Å². The molecule has 1 amide bonds. The Kier molecular flexibility index (Phi) is 3.99. The zero-order valence-corrected chi connectivity index (χ0v) is 13.9. The van der Waals surface area contributed by atoms with Crippen LogP contribution in [0.4, 0.5) is 4.39 Å². The van der Waals surface area contributed by atoms with Crippen molar-refractivity contribution in [3.8, 4) is 0 Å². The van der Waals surface area contributed by atoms with Gasteiger partial charge in [0.05, 0.1) is 22.8 Å². The van der Waals surface area contributed by atoms with Gasteiger partial charge in [-0.25, -0.2) is 9.37 Å². The van der Waals surface area contributed by atoms with E-state index in [9.17, 15) is 9.18 Å². The first-order valence-corrected chi connectivity index (χ1v) is 8.63. The van der Waals surface area contributed by atoms with Crippen molar-refractivity contribution in [2.45, 2.75) is 31.2 Å². The first-order chi connectivity index (χ1) is 12.2. The zero-order valence-electron chi connectivity index (χ0n) is 13.9. The second-order valence-electron chi connectivity index (χ2n) is 6.63. The van der Waals surface area contributed by atoms with E-state index in [-0.39, 0.29) is 11.7 Å². The average molecular weight is 337 g/mol. The maximum atomic E-state index is 13.1. The smallest absolute Gasteiger partial charge is 0.230 e. The number of para-hydroxylation sites is 2. The number of nitrogens with zero attached hydrogens (tertiary/aromatic N) is 2. The summed E-state index contributed by atoms with van der Waals surface area (Å²) in [5, 5.41) is 3.04. The van der Waals surface area contributed by atoms with Crippen LogP contribution in [0.1, 0.15) is 24.8 Å². The Morgan fingerprint density at radius 1 is 1.16 bits per heavy atom. The number of aryl methyl sites for hydroxylation is 1. The van der Waals surface area contributed by atoms with Gasteiger partial charge in [0.25, 0.3) is 0 Å². The van der Waals surface area contributed by atoms with Crippen molar-refractivity contribution in [3.05, 3.63) is 66.2 Å². The van der Waals surface area contributed by atoms with Gasteiger partial charge in [-0.05, 0) is 49.1 Å². The molecule has 0 atom stereocenters. The molecule has 1 heterocycles. The second-order valence-corrected chi connectivity index (χ2v) is 6.63. The first-order valence-electron chi connectivity index (χ1n) is 8.63. The van der Waals surface area contributed by atoms with Crippen LogP contribution in [-0.2, 0) is 16.8 Å². The third-order valence-corrected chi connectivity index (χ3v) is 4.97.